The van der Waals surface area contributed by atoms with E-state index in [1.807, 2.05) is 52.8 Å². The second-order valence-corrected chi connectivity index (χ2v) is 9.25. The SMILES string of the molecule is C/C=C\C=C(/CC)n1c(C(C)Nc2ncnc(N)c2C#Cc2cccc(C(C)=O)n2)nc2cccc(Cl)c2c1=O.CC. The number of nitrogens with one attached hydrogen (secondary N) is 1. The van der Waals surface area contributed by atoms with Gasteiger partial charge in [-0.05, 0) is 56.5 Å². The number of halogens is 1. The molecule has 1 aromatic carbocycles. The maximum absolute atomic E-state index is 13.8. The van der Waals surface area contributed by atoms with E-state index in [-0.39, 0.29) is 17.2 Å². The van der Waals surface area contributed by atoms with Gasteiger partial charge in [0, 0.05) is 12.6 Å². The molecule has 10 heteroatoms. The van der Waals surface area contributed by atoms with Crippen molar-refractivity contribution in [3.05, 3.63) is 99.1 Å². The molecule has 0 fully saturated rings. The Labute approximate surface area is 250 Å². The van der Waals surface area contributed by atoms with Crippen LogP contribution in [0.4, 0.5) is 11.6 Å². The molecule has 4 rings (SSSR count). The zero-order valence-corrected chi connectivity index (χ0v) is 25.3. The smallest absolute Gasteiger partial charge is 0.267 e. The number of benzene rings is 1. The van der Waals surface area contributed by atoms with E-state index in [1.165, 1.54) is 13.3 Å². The second-order valence-electron chi connectivity index (χ2n) is 8.84. The fourth-order valence-electron chi connectivity index (χ4n) is 4.06. The van der Waals surface area contributed by atoms with E-state index in [0.717, 1.165) is 5.70 Å². The number of hydrogen-bond acceptors (Lipinski definition) is 8. The summed E-state index contributed by atoms with van der Waals surface area (Å²) in [4.78, 5) is 43.1. The zero-order chi connectivity index (χ0) is 30.8. The highest BCUT2D eigenvalue weighted by molar-refractivity contribution is 6.35. The highest BCUT2D eigenvalue weighted by atomic mass is 35.5. The lowest BCUT2D eigenvalue weighted by molar-refractivity contribution is 0.101. The Hall–Kier alpha value is -4.81. The van der Waals surface area contributed by atoms with Crippen LogP contribution in [0, 0.1) is 11.8 Å². The molecule has 1 atom stereocenters. The third-order valence-electron chi connectivity index (χ3n) is 6.05. The Morgan fingerprint density at radius 2 is 1.88 bits per heavy atom. The molecular weight excluding hydrogens is 550 g/mol. The number of fused-ring (bicyclic) bond motifs is 1. The van der Waals surface area contributed by atoms with Crippen molar-refractivity contribution < 1.29 is 4.79 Å². The number of carbonyl (C=O) groups is 1. The lowest BCUT2D eigenvalue weighted by atomic mass is 10.1. The van der Waals surface area contributed by atoms with Crippen molar-refractivity contribution in [2.24, 2.45) is 0 Å². The quantitative estimate of drug-likeness (QED) is 0.144. The summed E-state index contributed by atoms with van der Waals surface area (Å²) in [7, 11) is 0. The van der Waals surface area contributed by atoms with Crippen molar-refractivity contribution in [3.8, 4) is 11.8 Å². The Morgan fingerprint density at radius 1 is 1.14 bits per heavy atom. The van der Waals surface area contributed by atoms with E-state index in [1.54, 1.807) is 41.0 Å². The minimum absolute atomic E-state index is 0.160. The minimum Gasteiger partial charge on any atom is -0.382 e. The van der Waals surface area contributed by atoms with Gasteiger partial charge < -0.3 is 11.1 Å². The number of rotatable bonds is 7. The molecule has 3 heterocycles. The number of anilines is 2. The molecule has 0 aliphatic carbocycles. The number of aromatic nitrogens is 5. The molecule has 0 radical (unpaired) electrons. The first-order valence-electron chi connectivity index (χ1n) is 13.7. The van der Waals surface area contributed by atoms with Crippen molar-refractivity contribution in [2.45, 2.75) is 54.0 Å². The third-order valence-corrected chi connectivity index (χ3v) is 6.36. The molecule has 0 saturated carbocycles. The van der Waals surface area contributed by atoms with E-state index in [4.69, 9.17) is 22.3 Å². The van der Waals surface area contributed by atoms with Crippen LogP contribution in [0.5, 0.6) is 0 Å². The van der Waals surface area contributed by atoms with Gasteiger partial charge in [0.05, 0.1) is 22.0 Å². The summed E-state index contributed by atoms with van der Waals surface area (Å²) in [6.07, 6.45) is 7.54. The lowest BCUT2D eigenvalue weighted by Crippen LogP contribution is -2.28. The van der Waals surface area contributed by atoms with Gasteiger partial charge in [0.1, 0.15) is 40.7 Å². The van der Waals surface area contributed by atoms with E-state index < -0.39 is 6.04 Å². The van der Waals surface area contributed by atoms with E-state index in [2.05, 4.69) is 32.1 Å². The summed E-state index contributed by atoms with van der Waals surface area (Å²) in [5.74, 6) is 6.75. The number of Topliss-reactive ketones (excluding diaryl/α,β-unsaturated/α-hetero) is 1. The van der Waals surface area contributed by atoms with Crippen LogP contribution in [0.2, 0.25) is 5.02 Å². The van der Waals surface area contributed by atoms with Crippen LogP contribution in [0.25, 0.3) is 16.6 Å². The zero-order valence-electron chi connectivity index (χ0n) is 24.6. The third kappa shape index (κ3) is 7.09. The number of nitrogens with two attached hydrogens (primary N) is 1. The van der Waals surface area contributed by atoms with Gasteiger partial charge in [-0.1, -0.05) is 62.6 Å². The van der Waals surface area contributed by atoms with Crippen molar-refractivity contribution in [1.82, 2.24) is 24.5 Å². The van der Waals surface area contributed by atoms with Crippen LogP contribution in [0.1, 0.15) is 81.6 Å². The van der Waals surface area contributed by atoms with Gasteiger partial charge in [0.25, 0.3) is 5.56 Å². The Morgan fingerprint density at radius 3 is 2.57 bits per heavy atom. The molecule has 3 N–H and O–H groups in total. The standard InChI is InChI=1S/C30H28ClN7O2.C2H6/c1-5-7-11-21(6-2)38-29(37-25-14-9-12-23(31)26(25)30(38)40)18(3)35-28-22(27(32)33-17-34-28)16-15-20-10-8-13-24(36-20)19(4)39;1-2/h5,7-14,17-18H,6H2,1-4H3,(H3,32,33,34,35);1-2H3/b7-5-,21-11+;. The molecule has 0 bridgehead atoms. The predicted molar refractivity (Wildman–Crippen MR) is 170 cm³/mol. The van der Waals surface area contributed by atoms with E-state index >= 15 is 0 Å². The number of pyridine rings is 1. The normalized spacial score (nSPS) is 11.8. The number of allylic oxidation sites excluding steroid dienone is 4. The van der Waals surface area contributed by atoms with Gasteiger partial charge in [-0.3, -0.25) is 14.2 Å². The molecule has 0 aliphatic rings. The minimum atomic E-state index is -0.509. The predicted octanol–water partition coefficient (Wildman–Crippen LogP) is 6.45. The Bertz CT molecular complexity index is 1780. The number of hydrogen-bond donors (Lipinski definition) is 2. The average molecular weight is 584 g/mol. The molecule has 216 valence electrons. The van der Waals surface area contributed by atoms with Gasteiger partial charge in [0.15, 0.2) is 5.78 Å². The first kappa shape index (κ1) is 31.7. The molecule has 9 nitrogen and oxygen atoms in total. The van der Waals surface area contributed by atoms with Crippen LogP contribution < -0.4 is 16.6 Å². The fourth-order valence-corrected chi connectivity index (χ4v) is 4.31. The van der Waals surface area contributed by atoms with Gasteiger partial charge in [0.2, 0.25) is 0 Å². The van der Waals surface area contributed by atoms with Gasteiger partial charge in [-0.2, -0.15) is 0 Å². The van der Waals surface area contributed by atoms with Crippen molar-refractivity contribution in [2.75, 3.05) is 11.1 Å². The van der Waals surface area contributed by atoms with E-state index in [9.17, 15) is 9.59 Å². The van der Waals surface area contributed by atoms with Crippen LogP contribution in [0.15, 0.2) is 65.7 Å². The van der Waals surface area contributed by atoms with Gasteiger partial charge >= 0.3 is 0 Å². The van der Waals surface area contributed by atoms with Crippen molar-refractivity contribution >= 4 is 45.6 Å². The summed E-state index contributed by atoms with van der Waals surface area (Å²) < 4.78 is 1.58. The molecule has 3 aromatic heterocycles. The molecule has 0 amide bonds. The second kappa shape index (κ2) is 14.7. The van der Waals surface area contributed by atoms with Gasteiger partial charge in [-0.15, -0.1) is 0 Å². The summed E-state index contributed by atoms with van der Waals surface area (Å²) in [6, 6.07) is 9.71. The van der Waals surface area contributed by atoms with Crippen molar-refractivity contribution in [3.63, 3.8) is 0 Å². The number of ketones is 1. The average Bonchev–Trinajstić information content (AvgIpc) is 2.99. The fraction of sp³-hybridized carbons (Fsp3) is 0.250. The lowest BCUT2D eigenvalue weighted by Gasteiger charge is -2.22. The monoisotopic (exact) mass is 583 g/mol. The summed E-state index contributed by atoms with van der Waals surface area (Å²) in [5, 5.41) is 3.99. The topological polar surface area (TPSA) is 129 Å². The molecule has 42 heavy (non-hydrogen) atoms. The number of nitrogen functional groups attached to an aromatic ring is 1. The largest absolute Gasteiger partial charge is 0.382 e. The molecule has 1 unspecified atom stereocenters. The Balaban J connectivity index is 0.00000237. The van der Waals surface area contributed by atoms with Gasteiger partial charge in [-0.25, -0.2) is 19.9 Å². The molecule has 0 saturated heterocycles. The van der Waals surface area contributed by atoms with Crippen LogP contribution in [-0.4, -0.2) is 30.3 Å². The molecule has 4 aromatic rings. The van der Waals surface area contributed by atoms with Crippen molar-refractivity contribution in [1.29, 1.82) is 0 Å². The summed E-state index contributed by atoms with van der Waals surface area (Å²) in [6.45, 7) is 11.2. The molecule has 0 aliphatic heterocycles. The van der Waals surface area contributed by atoms with Crippen LogP contribution in [-0.2, 0) is 0 Å². The van der Waals surface area contributed by atoms with E-state index in [0.29, 0.717) is 50.9 Å². The summed E-state index contributed by atoms with van der Waals surface area (Å²) in [5.41, 5.74) is 8.21. The van der Waals surface area contributed by atoms with Crippen LogP contribution in [0.3, 0.4) is 0 Å². The number of carbonyl (C=O) groups excluding carboxylic acids is 1. The van der Waals surface area contributed by atoms with Crippen LogP contribution >= 0.6 is 11.6 Å². The number of nitrogens with zero attached hydrogens (tertiary/aromatic N) is 5. The molecule has 0 spiro atoms. The first-order valence-corrected chi connectivity index (χ1v) is 14.0. The first-order chi connectivity index (χ1) is 20.2. The highest BCUT2D eigenvalue weighted by Gasteiger charge is 2.21. The highest BCUT2D eigenvalue weighted by Crippen LogP contribution is 2.26. The maximum atomic E-state index is 13.8. The Kier molecular flexibility index (Phi) is 11.1. The summed E-state index contributed by atoms with van der Waals surface area (Å²) >= 11 is 6.43. The maximum Gasteiger partial charge on any atom is 0.267 e. The molecular formula is C32H34ClN7O2.